The molecule has 0 bridgehead atoms. The Morgan fingerprint density at radius 3 is 3.00 bits per heavy atom. The molecule has 1 atom stereocenters. The fraction of sp³-hybridized carbons (Fsp3) is 0.500. The van der Waals surface area contributed by atoms with Crippen molar-refractivity contribution in [3.8, 4) is 5.75 Å². The lowest BCUT2D eigenvalue weighted by molar-refractivity contribution is -0.119. The Morgan fingerprint density at radius 2 is 2.30 bits per heavy atom. The van der Waals surface area contributed by atoms with Gasteiger partial charge in [-0.1, -0.05) is 6.07 Å². The van der Waals surface area contributed by atoms with Gasteiger partial charge in [-0.25, -0.2) is 0 Å². The largest absolute Gasteiger partial charge is 0.491 e. The average molecular weight is 301 g/mol. The molecule has 1 aromatic carbocycles. The molecule has 1 aliphatic heterocycles. The van der Waals surface area contributed by atoms with Crippen molar-refractivity contribution in [2.45, 2.75) is 6.42 Å². The van der Waals surface area contributed by atoms with Crippen molar-refractivity contribution < 1.29 is 14.3 Å². The van der Waals surface area contributed by atoms with Crippen molar-refractivity contribution in [2.24, 2.45) is 5.92 Å². The van der Waals surface area contributed by atoms with Crippen molar-refractivity contribution >= 4 is 24.0 Å². The van der Waals surface area contributed by atoms with Gasteiger partial charge in [-0.3, -0.25) is 4.79 Å². The quantitative estimate of drug-likeness (QED) is 0.785. The molecule has 2 rings (SSSR count). The molecule has 1 aromatic rings. The highest BCUT2D eigenvalue weighted by Crippen LogP contribution is 2.19. The van der Waals surface area contributed by atoms with E-state index in [1.807, 2.05) is 24.3 Å². The summed E-state index contributed by atoms with van der Waals surface area (Å²) in [5.74, 6) is 0.872. The zero-order valence-electron chi connectivity index (χ0n) is 11.6. The lowest BCUT2D eigenvalue weighted by atomic mass is 10.1. The summed E-state index contributed by atoms with van der Waals surface area (Å²) in [4.78, 5) is 12.0. The number of hydrogen-bond donors (Lipinski definition) is 2. The molecule has 20 heavy (non-hydrogen) atoms. The summed E-state index contributed by atoms with van der Waals surface area (Å²) < 4.78 is 10.4. The first-order valence-corrected chi connectivity index (χ1v) is 6.53. The van der Waals surface area contributed by atoms with E-state index in [0.717, 1.165) is 30.9 Å². The van der Waals surface area contributed by atoms with Crippen LogP contribution in [0.25, 0.3) is 0 Å². The summed E-state index contributed by atoms with van der Waals surface area (Å²) >= 11 is 0. The molecule has 0 aromatic heterocycles. The highest BCUT2D eigenvalue weighted by molar-refractivity contribution is 5.93. The molecule has 2 N–H and O–H groups in total. The van der Waals surface area contributed by atoms with Crippen molar-refractivity contribution in [3.05, 3.63) is 24.3 Å². The van der Waals surface area contributed by atoms with Crippen LogP contribution >= 0.6 is 12.4 Å². The van der Waals surface area contributed by atoms with Gasteiger partial charge >= 0.3 is 0 Å². The first-order valence-electron chi connectivity index (χ1n) is 6.53. The number of nitrogens with one attached hydrogen (secondary N) is 2. The number of ether oxygens (including phenoxy) is 2. The summed E-state index contributed by atoms with van der Waals surface area (Å²) in [5.41, 5.74) is 0.770. The molecule has 5 nitrogen and oxygen atoms in total. The van der Waals surface area contributed by atoms with Crippen molar-refractivity contribution in [1.29, 1.82) is 0 Å². The second kappa shape index (κ2) is 8.79. The lowest BCUT2D eigenvalue weighted by Gasteiger charge is -2.11. The second-order valence-electron chi connectivity index (χ2n) is 4.55. The molecule has 1 fully saturated rings. The molecule has 6 heteroatoms. The van der Waals surface area contributed by atoms with Gasteiger partial charge in [0.05, 0.1) is 12.5 Å². The minimum absolute atomic E-state index is 0. The predicted octanol–water partition coefficient (Wildman–Crippen LogP) is 1.68. The number of carbonyl (C=O) groups is 1. The number of anilines is 1. The van der Waals surface area contributed by atoms with Gasteiger partial charge in [0.25, 0.3) is 0 Å². The number of amides is 1. The van der Waals surface area contributed by atoms with E-state index in [1.165, 1.54) is 0 Å². The monoisotopic (exact) mass is 300 g/mol. The van der Waals surface area contributed by atoms with Gasteiger partial charge in [0, 0.05) is 25.4 Å². The molecule has 112 valence electrons. The van der Waals surface area contributed by atoms with Crippen LogP contribution in [-0.4, -0.2) is 39.3 Å². The van der Waals surface area contributed by atoms with Gasteiger partial charge in [-0.05, 0) is 25.1 Å². The third-order valence-corrected chi connectivity index (χ3v) is 3.09. The van der Waals surface area contributed by atoms with E-state index in [0.29, 0.717) is 13.2 Å². The smallest absolute Gasteiger partial charge is 0.228 e. The molecule has 1 saturated heterocycles. The third-order valence-electron chi connectivity index (χ3n) is 3.09. The Hall–Kier alpha value is -1.30. The highest BCUT2D eigenvalue weighted by Gasteiger charge is 2.22. The number of hydrogen-bond acceptors (Lipinski definition) is 4. The Bertz CT molecular complexity index is 423. The highest BCUT2D eigenvalue weighted by atomic mass is 35.5. The molecule has 0 radical (unpaired) electrons. The van der Waals surface area contributed by atoms with E-state index < -0.39 is 0 Å². The van der Waals surface area contributed by atoms with E-state index in [2.05, 4.69) is 10.6 Å². The average Bonchev–Trinajstić information content (AvgIpc) is 2.93. The minimum Gasteiger partial charge on any atom is -0.491 e. The van der Waals surface area contributed by atoms with Crippen LogP contribution in [0.2, 0.25) is 0 Å². The molecular formula is C14H21ClN2O3. The number of rotatable bonds is 6. The molecule has 1 heterocycles. The van der Waals surface area contributed by atoms with Crippen LogP contribution in [0.1, 0.15) is 6.42 Å². The fourth-order valence-electron chi connectivity index (χ4n) is 2.03. The van der Waals surface area contributed by atoms with Gasteiger partial charge < -0.3 is 20.1 Å². The number of halogens is 1. The number of benzene rings is 1. The number of methoxy groups -OCH3 is 1. The van der Waals surface area contributed by atoms with E-state index in [4.69, 9.17) is 9.47 Å². The Labute approximate surface area is 125 Å². The second-order valence-corrected chi connectivity index (χ2v) is 4.55. The van der Waals surface area contributed by atoms with Gasteiger partial charge in [0.2, 0.25) is 5.91 Å². The zero-order valence-corrected chi connectivity index (χ0v) is 12.4. The Kier molecular flexibility index (Phi) is 7.36. The molecule has 0 saturated carbocycles. The van der Waals surface area contributed by atoms with Crippen LogP contribution in [0.4, 0.5) is 5.69 Å². The van der Waals surface area contributed by atoms with Crippen LogP contribution in [0.5, 0.6) is 5.75 Å². The van der Waals surface area contributed by atoms with Crippen LogP contribution < -0.4 is 15.4 Å². The van der Waals surface area contributed by atoms with Crippen molar-refractivity contribution in [1.82, 2.24) is 5.32 Å². The standard InChI is InChI=1S/C14H20N2O3.ClH/c1-18-7-8-19-13-4-2-3-12(9-13)16-14(17)11-5-6-15-10-11;/h2-4,9,11,15H,5-8,10H2,1H3,(H,16,17);1H. The van der Waals surface area contributed by atoms with Crippen LogP contribution in [-0.2, 0) is 9.53 Å². The molecule has 0 aliphatic carbocycles. The van der Waals surface area contributed by atoms with Crippen LogP contribution in [0.3, 0.4) is 0 Å². The molecule has 1 aliphatic rings. The van der Waals surface area contributed by atoms with Crippen LogP contribution in [0.15, 0.2) is 24.3 Å². The predicted molar refractivity (Wildman–Crippen MR) is 80.7 cm³/mol. The first-order chi connectivity index (χ1) is 9.29. The van der Waals surface area contributed by atoms with Gasteiger partial charge in [0.15, 0.2) is 0 Å². The summed E-state index contributed by atoms with van der Waals surface area (Å²) in [7, 11) is 1.63. The zero-order chi connectivity index (χ0) is 13.5. The maximum atomic E-state index is 12.0. The topological polar surface area (TPSA) is 59.6 Å². The van der Waals surface area contributed by atoms with E-state index in [1.54, 1.807) is 7.11 Å². The summed E-state index contributed by atoms with van der Waals surface area (Å²) in [6, 6.07) is 7.42. The van der Waals surface area contributed by atoms with Crippen molar-refractivity contribution in [2.75, 3.05) is 38.7 Å². The fourth-order valence-corrected chi connectivity index (χ4v) is 2.03. The third kappa shape index (κ3) is 5.00. The van der Waals surface area contributed by atoms with E-state index in [9.17, 15) is 4.79 Å². The molecule has 0 spiro atoms. The Morgan fingerprint density at radius 1 is 1.45 bits per heavy atom. The first kappa shape index (κ1) is 16.8. The van der Waals surface area contributed by atoms with Crippen LogP contribution in [0, 0.1) is 5.92 Å². The van der Waals surface area contributed by atoms with Gasteiger partial charge in [0.1, 0.15) is 12.4 Å². The number of carbonyl (C=O) groups excluding carboxylic acids is 1. The van der Waals surface area contributed by atoms with Crippen molar-refractivity contribution in [3.63, 3.8) is 0 Å². The van der Waals surface area contributed by atoms with Gasteiger partial charge in [-0.2, -0.15) is 0 Å². The lowest BCUT2D eigenvalue weighted by Crippen LogP contribution is -2.24. The minimum atomic E-state index is 0. The van der Waals surface area contributed by atoms with Gasteiger partial charge in [-0.15, -0.1) is 12.4 Å². The maximum Gasteiger partial charge on any atom is 0.228 e. The normalized spacial score (nSPS) is 17.4. The molecular weight excluding hydrogens is 280 g/mol. The maximum absolute atomic E-state index is 12.0. The Balaban J connectivity index is 0.00000200. The summed E-state index contributed by atoms with van der Waals surface area (Å²) in [6.07, 6.45) is 0.899. The summed E-state index contributed by atoms with van der Waals surface area (Å²) in [6.45, 7) is 2.72. The summed E-state index contributed by atoms with van der Waals surface area (Å²) in [5, 5.41) is 6.11. The SMILES string of the molecule is COCCOc1cccc(NC(=O)C2CCNC2)c1.Cl. The molecule has 1 amide bonds. The van der Waals surface area contributed by atoms with E-state index in [-0.39, 0.29) is 24.2 Å². The molecule has 1 unspecified atom stereocenters. The van der Waals surface area contributed by atoms with E-state index >= 15 is 0 Å².